The van der Waals surface area contributed by atoms with E-state index in [0.29, 0.717) is 12.3 Å². The molecule has 152 valence electrons. The van der Waals surface area contributed by atoms with Gasteiger partial charge in [-0.2, -0.15) is 5.10 Å². The predicted octanol–water partition coefficient (Wildman–Crippen LogP) is 1.87. The summed E-state index contributed by atoms with van der Waals surface area (Å²) in [5.74, 6) is 0.0284. The number of aromatic nitrogens is 5. The number of ether oxygens (including phenoxy) is 1. The first kappa shape index (κ1) is 20.6. The number of benzene rings is 1. The molecule has 0 radical (unpaired) electrons. The van der Waals surface area contributed by atoms with Gasteiger partial charge in [0.1, 0.15) is 12.3 Å². The van der Waals surface area contributed by atoms with E-state index in [4.69, 9.17) is 4.74 Å². The van der Waals surface area contributed by atoms with Crippen molar-refractivity contribution in [3.05, 3.63) is 28.3 Å². The maximum absolute atomic E-state index is 12.0. The van der Waals surface area contributed by atoms with E-state index in [2.05, 4.69) is 30.9 Å². The minimum atomic E-state index is -0.741. The minimum Gasteiger partial charge on any atom is -0.494 e. The number of tetrazole rings is 1. The van der Waals surface area contributed by atoms with E-state index in [-0.39, 0.29) is 18.2 Å². The fraction of sp³-hybridized carbons (Fsp3) is 0.333. The zero-order chi connectivity index (χ0) is 20.8. The third-order valence-electron chi connectivity index (χ3n) is 3.33. The van der Waals surface area contributed by atoms with E-state index >= 15 is 0 Å². The van der Waals surface area contributed by atoms with Gasteiger partial charge in [0.2, 0.25) is 0 Å². The highest BCUT2D eigenvalue weighted by Gasteiger charge is 2.15. The number of rotatable bonds is 9. The van der Waals surface area contributed by atoms with Crippen LogP contribution < -0.4 is 10.2 Å². The molecule has 1 N–H and O–H groups in total. The van der Waals surface area contributed by atoms with Gasteiger partial charge in [-0.05, 0) is 37.0 Å². The van der Waals surface area contributed by atoms with Crippen molar-refractivity contribution in [3.8, 4) is 5.75 Å². The molecule has 14 heteroatoms. The molecule has 0 saturated carbocycles. The Morgan fingerprint density at radius 2 is 2.31 bits per heavy atom. The standard InChI is InChI=1S/C15H16N8O4S2/c1-3-27-10-4-5-11-12(6-10)29-15(16-11)28-8-13(24)18-17-9(2)7-22-20-14(19-21-22)23(25)26/h4-6H,3,7-8H2,1-2H3,(H,18,24)/b17-9-. The van der Waals surface area contributed by atoms with Gasteiger partial charge in [0.15, 0.2) is 4.34 Å². The van der Waals surface area contributed by atoms with Crippen molar-refractivity contribution >= 4 is 50.9 Å². The van der Waals surface area contributed by atoms with Gasteiger partial charge in [-0.15, -0.1) is 11.3 Å². The second kappa shape index (κ2) is 9.38. The van der Waals surface area contributed by atoms with E-state index in [9.17, 15) is 14.9 Å². The highest BCUT2D eigenvalue weighted by atomic mass is 32.2. The van der Waals surface area contributed by atoms with Crippen LogP contribution in [0.25, 0.3) is 10.2 Å². The third-order valence-corrected chi connectivity index (χ3v) is 5.49. The van der Waals surface area contributed by atoms with Crippen molar-refractivity contribution < 1.29 is 14.5 Å². The molecule has 29 heavy (non-hydrogen) atoms. The van der Waals surface area contributed by atoms with Crippen molar-refractivity contribution in [3.63, 3.8) is 0 Å². The number of nitrogens with zero attached hydrogens (tertiary/aromatic N) is 7. The lowest BCUT2D eigenvalue weighted by Gasteiger charge is -2.00. The molecule has 1 amide bonds. The smallest absolute Gasteiger partial charge is 0.494 e. The first-order chi connectivity index (χ1) is 13.9. The number of carbonyl (C=O) groups excluding carboxylic acids is 1. The second-order valence-electron chi connectivity index (χ2n) is 5.59. The molecular formula is C15H16N8O4S2. The number of thioether (sulfide) groups is 1. The molecular weight excluding hydrogens is 420 g/mol. The summed E-state index contributed by atoms with van der Waals surface area (Å²) >= 11 is 2.79. The van der Waals surface area contributed by atoms with Crippen LogP contribution in [-0.2, 0) is 11.3 Å². The van der Waals surface area contributed by atoms with Crippen molar-refractivity contribution in [1.82, 2.24) is 30.6 Å². The number of nitrogens with one attached hydrogen (secondary N) is 1. The van der Waals surface area contributed by atoms with Gasteiger partial charge < -0.3 is 14.9 Å². The van der Waals surface area contributed by atoms with Gasteiger partial charge in [-0.3, -0.25) is 4.79 Å². The molecule has 3 aromatic rings. The number of hydrogen-bond acceptors (Lipinski definition) is 11. The molecule has 0 unspecified atom stereocenters. The molecule has 0 atom stereocenters. The van der Waals surface area contributed by atoms with Crippen LogP contribution in [-0.4, -0.2) is 54.1 Å². The predicted molar refractivity (Wildman–Crippen MR) is 107 cm³/mol. The van der Waals surface area contributed by atoms with E-state index in [0.717, 1.165) is 25.1 Å². The van der Waals surface area contributed by atoms with Gasteiger partial charge >= 0.3 is 5.95 Å². The molecule has 1 aromatic carbocycles. The maximum atomic E-state index is 12.0. The van der Waals surface area contributed by atoms with Crippen molar-refractivity contribution in [2.24, 2.45) is 5.10 Å². The Labute approximate surface area is 172 Å². The highest BCUT2D eigenvalue weighted by Crippen LogP contribution is 2.31. The summed E-state index contributed by atoms with van der Waals surface area (Å²) in [6.07, 6.45) is 0. The summed E-state index contributed by atoms with van der Waals surface area (Å²) in [5, 5.41) is 24.9. The van der Waals surface area contributed by atoms with Crippen LogP contribution in [0.5, 0.6) is 5.75 Å². The van der Waals surface area contributed by atoms with Gasteiger partial charge in [0.25, 0.3) is 5.91 Å². The van der Waals surface area contributed by atoms with Crippen LogP contribution in [0.1, 0.15) is 13.8 Å². The Bertz CT molecular complexity index is 1060. The summed E-state index contributed by atoms with van der Waals surface area (Å²) < 4.78 is 7.23. The molecule has 3 rings (SSSR count). The number of thiazole rings is 1. The average Bonchev–Trinajstić information content (AvgIpc) is 3.31. The van der Waals surface area contributed by atoms with Gasteiger partial charge in [0, 0.05) is 5.21 Å². The molecule has 0 aliphatic rings. The third kappa shape index (κ3) is 5.68. The Morgan fingerprint density at radius 1 is 1.48 bits per heavy atom. The Kier molecular flexibility index (Phi) is 6.66. The fourth-order valence-corrected chi connectivity index (χ4v) is 4.02. The first-order valence-corrected chi connectivity index (χ1v) is 10.1. The summed E-state index contributed by atoms with van der Waals surface area (Å²) in [5.41, 5.74) is 3.73. The molecule has 2 heterocycles. The quantitative estimate of drug-likeness (QED) is 0.229. The zero-order valence-corrected chi connectivity index (χ0v) is 17.1. The van der Waals surface area contributed by atoms with Gasteiger partial charge in [0.05, 0.1) is 38.5 Å². The number of carbonyl (C=O) groups is 1. The monoisotopic (exact) mass is 436 g/mol. The highest BCUT2D eigenvalue weighted by molar-refractivity contribution is 8.01. The number of nitro groups is 1. The lowest BCUT2D eigenvalue weighted by Crippen LogP contribution is -2.22. The number of hydrazone groups is 1. The van der Waals surface area contributed by atoms with Crippen LogP contribution in [0, 0.1) is 10.1 Å². The average molecular weight is 436 g/mol. The SMILES string of the molecule is CCOc1ccc2nc(SCC(=O)N/N=C(/C)Cn3nnc([N+](=O)[O-])n3)sc2c1. The van der Waals surface area contributed by atoms with E-state index in [1.54, 1.807) is 6.92 Å². The topological polar surface area (TPSA) is 150 Å². The van der Waals surface area contributed by atoms with E-state index in [1.807, 2.05) is 25.1 Å². The van der Waals surface area contributed by atoms with Crippen LogP contribution in [0.3, 0.4) is 0 Å². The summed E-state index contributed by atoms with van der Waals surface area (Å²) in [6.45, 7) is 4.21. The minimum absolute atomic E-state index is 0.0638. The van der Waals surface area contributed by atoms with Crippen LogP contribution in [0.2, 0.25) is 0 Å². The van der Waals surface area contributed by atoms with Crippen molar-refractivity contribution in [2.75, 3.05) is 12.4 Å². The first-order valence-electron chi connectivity index (χ1n) is 8.35. The maximum Gasteiger partial charge on any atom is 0.514 e. The summed E-state index contributed by atoms with van der Waals surface area (Å²) in [6, 6.07) is 5.68. The Balaban J connectivity index is 1.50. The normalized spacial score (nSPS) is 11.6. The molecule has 2 aromatic heterocycles. The molecule has 0 fully saturated rings. The van der Waals surface area contributed by atoms with Crippen LogP contribution >= 0.6 is 23.1 Å². The van der Waals surface area contributed by atoms with E-state index < -0.39 is 10.9 Å². The molecule has 0 bridgehead atoms. The lowest BCUT2D eigenvalue weighted by atomic mass is 10.3. The summed E-state index contributed by atoms with van der Waals surface area (Å²) in [4.78, 5) is 27.3. The molecule has 0 aliphatic carbocycles. The Morgan fingerprint density at radius 3 is 3.03 bits per heavy atom. The number of fused-ring (bicyclic) bond motifs is 1. The van der Waals surface area contributed by atoms with Gasteiger partial charge in [-0.25, -0.2) is 10.4 Å². The largest absolute Gasteiger partial charge is 0.514 e. The van der Waals surface area contributed by atoms with E-state index in [1.165, 1.54) is 23.1 Å². The zero-order valence-electron chi connectivity index (χ0n) is 15.4. The summed E-state index contributed by atoms with van der Waals surface area (Å²) in [7, 11) is 0. The van der Waals surface area contributed by atoms with Crippen molar-refractivity contribution in [2.45, 2.75) is 24.7 Å². The van der Waals surface area contributed by atoms with Crippen molar-refractivity contribution in [1.29, 1.82) is 0 Å². The van der Waals surface area contributed by atoms with Gasteiger partial charge in [-0.1, -0.05) is 16.6 Å². The molecule has 0 aliphatic heterocycles. The fourth-order valence-electron chi connectivity index (χ4n) is 2.13. The van der Waals surface area contributed by atoms with Crippen LogP contribution in [0.4, 0.5) is 5.95 Å². The second-order valence-corrected chi connectivity index (χ2v) is 7.84. The molecule has 0 saturated heterocycles. The molecule has 12 nitrogen and oxygen atoms in total. The molecule has 0 spiro atoms. The lowest BCUT2D eigenvalue weighted by molar-refractivity contribution is -0.394. The Hall–Kier alpha value is -3.13. The number of amides is 1. The van der Waals surface area contributed by atoms with Crippen LogP contribution in [0.15, 0.2) is 27.6 Å². The number of hydrogen-bond donors (Lipinski definition) is 1.